The Morgan fingerprint density at radius 3 is 1.22 bits per heavy atom. The first-order chi connectivity index (χ1) is 16.4. The van der Waals surface area contributed by atoms with Crippen molar-refractivity contribution < 1.29 is 43.2 Å². The number of halogens is 6. The largest absolute Gasteiger partial charge is 0.416 e. The van der Waals surface area contributed by atoms with E-state index < -0.39 is 53.3 Å². The molecule has 0 bridgehead atoms. The van der Waals surface area contributed by atoms with Crippen molar-refractivity contribution in [2.24, 2.45) is 0 Å². The molecule has 36 heavy (non-hydrogen) atoms. The van der Waals surface area contributed by atoms with Crippen molar-refractivity contribution in [2.45, 2.75) is 36.0 Å². The average Bonchev–Trinajstić information content (AvgIpc) is 2.76. The van der Waals surface area contributed by atoms with Gasteiger partial charge >= 0.3 is 12.4 Å². The van der Waals surface area contributed by atoms with Gasteiger partial charge in [-0.2, -0.15) is 26.3 Å². The van der Waals surface area contributed by atoms with E-state index in [9.17, 15) is 43.2 Å². The summed E-state index contributed by atoms with van der Waals surface area (Å²) in [6.45, 7) is 3.14. The van der Waals surface area contributed by atoms with Crippen molar-refractivity contribution in [2.75, 3.05) is 9.44 Å². The van der Waals surface area contributed by atoms with Gasteiger partial charge in [-0.25, -0.2) is 16.8 Å². The van der Waals surface area contributed by atoms with Crippen LogP contribution in [0.25, 0.3) is 0 Å². The Bertz CT molecular complexity index is 1400. The molecular formula is C22H18F6N2O4S2. The minimum atomic E-state index is -4.81. The first-order valence-corrected chi connectivity index (χ1v) is 12.9. The first-order valence-electron chi connectivity index (χ1n) is 9.91. The smallest absolute Gasteiger partial charge is 0.277 e. The van der Waals surface area contributed by atoms with Gasteiger partial charge in [0.15, 0.2) is 0 Å². The molecule has 0 fully saturated rings. The van der Waals surface area contributed by atoms with Gasteiger partial charge in [-0.3, -0.25) is 9.44 Å². The van der Waals surface area contributed by atoms with Crippen LogP contribution in [0.1, 0.15) is 22.3 Å². The van der Waals surface area contributed by atoms with E-state index in [0.29, 0.717) is 35.4 Å². The number of benzene rings is 3. The van der Waals surface area contributed by atoms with Gasteiger partial charge < -0.3 is 0 Å². The molecule has 0 saturated heterocycles. The van der Waals surface area contributed by atoms with Gasteiger partial charge in [0.25, 0.3) is 20.0 Å². The number of nitrogens with one attached hydrogen (secondary N) is 2. The fourth-order valence-corrected chi connectivity index (χ4v) is 5.30. The number of hydrogen-bond donors (Lipinski definition) is 2. The zero-order valence-electron chi connectivity index (χ0n) is 18.5. The lowest BCUT2D eigenvalue weighted by molar-refractivity contribution is -0.138. The summed E-state index contributed by atoms with van der Waals surface area (Å²) in [6, 6.07) is 8.31. The molecule has 3 rings (SSSR count). The normalized spacial score (nSPS) is 12.9. The van der Waals surface area contributed by atoms with Gasteiger partial charge in [0.05, 0.1) is 32.3 Å². The number of alkyl halides is 6. The summed E-state index contributed by atoms with van der Waals surface area (Å²) in [4.78, 5) is -1.47. The Hall–Kier alpha value is -3.26. The van der Waals surface area contributed by atoms with E-state index in [-0.39, 0.29) is 11.4 Å². The maximum Gasteiger partial charge on any atom is 0.416 e. The minimum absolute atomic E-state index is 0.342. The molecule has 2 N–H and O–H groups in total. The third kappa shape index (κ3) is 6.10. The fourth-order valence-electron chi connectivity index (χ4n) is 3.07. The van der Waals surface area contributed by atoms with Crippen molar-refractivity contribution in [3.63, 3.8) is 0 Å². The summed E-state index contributed by atoms with van der Waals surface area (Å²) in [6.07, 6.45) is -9.62. The highest BCUT2D eigenvalue weighted by Gasteiger charge is 2.33. The van der Waals surface area contributed by atoms with Crippen molar-refractivity contribution in [1.29, 1.82) is 0 Å². The van der Waals surface area contributed by atoms with E-state index in [1.54, 1.807) is 13.8 Å². The van der Waals surface area contributed by atoms with Crippen LogP contribution in [-0.4, -0.2) is 16.8 Å². The quantitative estimate of drug-likeness (QED) is 0.370. The lowest BCUT2D eigenvalue weighted by Crippen LogP contribution is -2.19. The second kappa shape index (κ2) is 9.32. The Labute approximate surface area is 203 Å². The maximum atomic E-state index is 13.0. The van der Waals surface area contributed by atoms with E-state index in [1.165, 1.54) is 12.1 Å². The molecule has 0 saturated carbocycles. The SMILES string of the molecule is Cc1cc(NS(=O)(=O)c2cccc(C(F)(F)F)c2)c(NS(=O)(=O)c2cccc(C(F)(F)F)c2)cc1C. The summed E-state index contributed by atoms with van der Waals surface area (Å²) < 4.78 is 134. The molecule has 0 radical (unpaired) electrons. The summed E-state index contributed by atoms with van der Waals surface area (Å²) in [5.74, 6) is 0. The predicted molar refractivity (Wildman–Crippen MR) is 120 cm³/mol. The van der Waals surface area contributed by atoms with E-state index in [0.717, 1.165) is 24.3 Å². The molecule has 3 aromatic rings. The van der Waals surface area contributed by atoms with E-state index in [2.05, 4.69) is 9.44 Å². The highest BCUT2D eigenvalue weighted by Crippen LogP contribution is 2.34. The van der Waals surface area contributed by atoms with Crippen LogP contribution in [-0.2, 0) is 32.4 Å². The lowest BCUT2D eigenvalue weighted by atomic mass is 10.1. The van der Waals surface area contributed by atoms with Gasteiger partial charge in [-0.05, 0) is 73.5 Å². The number of aryl methyl sites for hydroxylation is 2. The molecule has 0 unspecified atom stereocenters. The molecule has 0 atom stereocenters. The molecule has 0 aliphatic rings. The lowest BCUT2D eigenvalue weighted by Gasteiger charge is -2.18. The number of anilines is 2. The third-order valence-electron chi connectivity index (χ3n) is 5.07. The summed E-state index contributed by atoms with van der Waals surface area (Å²) >= 11 is 0. The summed E-state index contributed by atoms with van der Waals surface area (Å²) in [7, 11) is -9.26. The fraction of sp³-hybridized carbons (Fsp3) is 0.182. The molecule has 0 aromatic heterocycles. The highest BCUT2D eigenvalue weighted by atomic mass is 32.2. The minimum Gasteiger partial charge on any atom is -0.277 e. The zero-order valence-corrected chi connectivity index (χ0v) is 20.1. The molecule has 6 nitrogen and oxygen atoms in total. The molecule has 3 aromatic carbocycles. The molecule has 0 spiro atoms. The highest BCUT2D eigenvalue weighted by molar-refractivity contribution is 7.93. The topological polar surface area (TPSA) is 92.3 Å². The van der Waals surface area contributed by atoms with Gasteiger partial charge in [-0.1, -0.05) is 12.1 Å². The molecule has 0 aliphatic carbocycles. The van der Waals surface area contributed by atoms with Crippen molar-refractivity contribution in [1.82, 2.24) is 0 Å². The molecule has 0 aliphatic heterocycles. The summed E-state index contributed by atoms with van der Waals surface area (Å²) in [5, 5.41) is 0. The number of sulfonamides is 2. The van der Waals surface area contributed by atoms with Crippen LogP contribution in [0.3, 0.4) is 0 Å². The van der Waals surface area contributed by atoms with Crippen LogP contribution in [0.2, 0.25) is 0 Å². The third-order valence-corrected chi connectivity index (χ3v) is 7.79. The Morgan fingerprint density at radius 2 is 0.917 bits per heavy atom. The Balaban J connectivity index is 2.03. The molecule has 14 heteroatoms. The first kappa shape index (κ1) is 27.3. The molecular weight excluding hydrogens is 534 g/mol. The van der Waals surface area contributed by atoms with Crippen LogP contribution in [0.15, 0.2) is 70.5 Å². The molecule has 0 heterocycles. The zero-order chi connectivity index (χ0) is 27.1. The predicted octanol–water partition coefficient (Wildman–Crippen LogP) is 5.94. The molecule has 0 amide bonds. The van der Waals surface area contributed by atoms with Crippen LogP contribution in [0.4, 0.5) is 37.7 Å². The number of hydrogen-bond acceptors (Lipinski definition) is 4. The van der Waals surface area contributed by atoms with Crippen LogP contribution < -0.4 is 9.44 Å². The van der Waals surface area contributed by atoms with Crippen LogP contribution in [0.5, 0.6) is 0 Å². The maximum absolute atomic E-state index is 13.0. The van der Waals surface area contributed by atoms with Gasteiger partial charge in [0.1, 0.15) is 0 Å². The van der Waals surface area contributed by atoms with Crippen molar-refractivity contribution in [3.8, 4) is 0 Å². The van der Waals surface area contributed by atoms with Crippen molar-refractivity contribution >= 4 is 31.4 Å². The summed E-state index contributed by atoms with van der Waals surface area (Å²) in [5.41, 5.74) is -2.11. The number of rotatable bonds is 6. The van der Waals surface area contributed by atoms with E-state index in [4.69, 9.17) is 0 Å². The molecule has 194 valence electrons. The standard InChI is InChI=1S/C22H18F6N2O4S2/c1-13-9-19(29-35(31,32)17-7-3-5-15(11-17)21(23,24)25)20(10-14(13)2)30-36(33,34)18-8-4-6-16(12-18)22(26,27)28/h3-12,29-30H,1-2H3. The van der Waals surface area contributed by atoms with Crippen LogP contribution in [0, 0.1) is 13.8 Å². The van der Waals surface area contributed by atoms with E-state index >= 15 is 0 Å². The Morgan fingerprint density at radius 1 is 0.583 bits per heavy atom. The van der Waals surface area contributed by atoms with Gasteiger partial charge in [0.2, 0.25) is 0 Å². The second-order valence-electron chi connectivity index (χ2n) is 7.74. The monoisotopic (exact) mass is 552 g/mol. The van der Waals surface area contributed by atoms with Gasteiger partial charge in [0, 0.05) is 0 Å². The van der Waals surface area contributed by atoms with Crippen LogP contribution >= 0.6 is 0 Å². The average molecular weight is 553 g/mol. The van der Waals surface area contributed by atoms with Crippen molar-refractivity contribution in [3.05, 3.63) is 82.9 Å². The van der Waals surface area contributed by atoms with Gasteiger partial charge in [-0.15, -0.1) is 0 Å². The van der Waals surface area contributed by atoms with E-state index in [1.807, 2.05) is 0 Å². The second-order valence-corrected chi connectivity index (χ2v) is 11.1. The Kier molecular flexibility index (Phi) is 7.07.